The highest BCUT2D eigenvalue weighted by molar-refractivity contribution is 5.98. The molecule has 1 aliphatic carbocycles. The lowest BCUT2D eigenvalue weighted by Gasteiger charge is -2.38. The van der Waals surface area contributed by atoms with Crippen LogP contribution in [0.25, 0.3) is 11.3 Å². The molecule has 0 atom stereocenters. The van der Waals surface area contributed by atoms with Crippen LogP contribution in [0.3, 0.4) is 0 Å². The van der Waals surface area contributed by atoms with Gasteiger partial charge >= 0.3 is 0 Å². The molecule has 0 radical (unpaired) electrons. The molecule has 0 saturated heterocycles. The van der Waals surface area contributed by atoms with Gasteiger partial charge in [0.05, 0.1) is 5.70 Å². The Bertz CT molecular complexity index is 1060. The lowest BCUT2D eigenvalue weighted by molar-refractivity contribution is 0.792. The first-order valence-corrected chi connectivity index (χ1v) is 10.0. The maximum atomic E-state index is 2.44. The molecule has 1 heteroatoms. The summed E-state index contributed by atoms with van der Waals surface area (Å²) in [4.78, 5) is 2.44. The van der Waals surface area contributed by atoms with Gasteiger partial charge in [-0.05, 0) is 59.7 Å². The molecular formula is C27H23N. The van der Waals surface area contributed by atoms with Crippen LogP contribution in [0.1, 0.15) is 30.4 Å². The van der Waals surface area contributed by atoms with Crippen LogP contribution in [-0.4, -0.2) is 0 Å². The number of fused-ring (bicyclic) bond motifs is 1. The third kappa shape index (κ3) is 2.99. The molecule has 28 heavy (non-hydrogen) atoms. The number of benzene rings is 3. The van der Waals surface area contributed by atoms with Crippen molar-refractivity contribution in [1.82, 2.24) is 0 Å². The largest absolute Gasteiger partial charge is 0.310 e. The molecule has 3 aromatic carbocycles. The third-order valence-corrected chi connectivity index (χ3v) is 5.53. The van der Waals surface area contributed by atoms with Crippen LogP contribution in [0.15, 0.2) is 114 Å². The van der Waals surface area contributed by atoms with Crippen molar-refractivity contribution in [2.75, 3.05) is 4.90 Å². The van der Waals surface area contributed by atoms with Crippen molar-refractivity contribution in [3.05, 3.63) is 126 Å². The van der Waals surface area contributed by atoms with Gasteiger partial charge in [-0.3, -0.25) is 0 Å². The van der Waals surface area contributed by atoms with Gasteiger partial charge in [0.2, 0.25) is 0 Å². The van der Waals surface area contributed by atoms with Gasteiger partial charge in [0.15, 0.2) is 0 Å². The van der Waals surface area contributed by atoms with Gasteiger partial charge in [-0.2, -0.15) is 0 Å². The summed E-state index contributed by atoms with van der Waals surface area (Å²) in [7, 11) is 0. The number of anilines is 1. The van der Waals surface area contributed by atoms with Crippen LogP contribution in [-0.2, 0) is 0 Å². The summed E-state index contributed by atoms with van der Waals surface area (Å²) in [6.45, 7) is 0. The zero-order valence-electron chi connectivity index (χ0n) is 15.9. The molecule has 0 spiro atoms. The number of allylic oxidation sites excluding steroid dienone is 4. The van der Waals surface area contributed by atoms with E-state index in [1.54, 1.807) is 0 Å². The second kappa shape index (κ2) is 7.36. The monoisotopic (exact) mass is 361 g/mol. The SMILES string of the molecule is C1=C2C(=C(c3ccccc3)C=C(c3ccccc3)N2c2ccccc2)CCC1. The van der Waals surface area contributed by atoms with E-state index in [1.807, 2.05) is 0 Å². The van der Waals surface area contributed by atoms with Gasteiger partial charge in [-0.15, -0.1) is 0 Å². The third-order valence-electron chi connectivity index (χ3n) is 5.53. The highest BCUT2D eigenvalue weighted by Crippen LogP contribution is 2.45. The van der Waals surface area contributed by atoms with E-state index in [1.165, 1.54) is 45.8 Å². The summed E-state index contributed by atoms with van der Waals surface area (Å²) >= 11 is 0. The highest BCUT2D eigenvalue weighted by Gasteiger charge is 2.29. The van der Waals surface area contributed by atoms with Crippen molar-refractivity contribution in [3.63, 3.8) is 0 Å². The fourth-order valence-electron chi connectivity index (χ4n) is 4.24. The topological polar surface area (TPSA) is 3.24 Å². The van der Waals surface area contributed by atoms with E-state index in [-0.39, 0.29) is 0 Å². The quantitative estimate of drug-likeness (QED) is 0.482. The molecule has 1 heterocycles. The molecule has 0 saturated carbocycles. The van der Waals surface area contributed by atoms with E-state index < -0.39 is 0 Å². The first-order chi connectivity index (χ1) is 13.9. The minimum atomic E-state index is 1.12. The first kappa shape index (κ1) is 16.8. The number of nitrogens with zero attached hydrogens (tertiary/aromatic N) is 1. The molecule has 0 aromatic heterocycles. The summed E-state index contributed by atoms with van der Waals surface area (Å²) in [5.74, 6) is 0. The van der Waals surface area contributed by atoms with Crippen LogP contribution in [0.5, 0.6) is 0 Å². The Hall–Kier alpha value is -3.32. The normalized spacial score (nSPS) is 16.4. The van der Waals surface area contributed by atoms with Crippen molar-refractivity contribution in [2.45, 2.75) is 19.3 Å². The molecule has 5 rings (SSSR count). The Morgan fingerprint density at radius 3 is 1.89 bits per heavy atom. The molecule has 0 fully saturated rings. The Morgan fingerprint density at radius 1 is 0.607 bits per heavy atom. The van der Waals surface area contributed by atoms with Gasteiger partial charge in [-0.25, -0.2) is 0 Å². The summed E-state index contributed by atoms with van der Waals surface area (Å²) < 4.78 is 0. The number of hydrogen-bond donors (Lipinski definition) is 0. The van der Waals surface area contributed by atoms with Gasteiger partial charge in [0.25, 0.3) is 0 Å². The number of hydrogen-bond acceptors (Lipinski definition) is 1. The van der Waals surface area contributed by atoms with Gasteiger partial charge in [0.1, 0.15) is 0 Å². The van der Waals surface area contributed by atoms with Gasteiger partial charge in [-0.1, -0.05) is 84.9 Å². The average Bonchev–Trinajstić information content (AvgIpc) is 2.80. The molecule has 2 aliphatic rings. The van der Waals surface area contributed by atoms with Gasteiger partial charge < -0.3 is 4.90 Å². The summed E-state index contributed by atoms with van der Waals surface area (Å²) in [6.07, 6.45) is 8.27. The lowest BCUT2D eigenvalue weighted by atomic mass is 9.85. The fourth-order valence-corrected chi connectivity index (χ4v) is 4.24. The maximum absolute atomic E-state index is 2.44. The summed E-state index contributed by atoms with van der Waals surface area (Å²) in [5, 5.41) is 0. The fraction of sp³-hybridized carbons (Fsp3) is 0.111. The van der Waals surface area contributed by atoms with E-state index in [2.05, 4.69) is 108 Å². The van der Waals surface area contributed by atoms with Crippen LogP contribution in [0.4, 0.5) is 5.69 Å². The van der Waals surface area contributed by atoms with Crippen LogP contribution in [0.2, 0.25) is 0 Å². The number of rotatable bonds is 3. The van der Waals surface area contributed by atoms with Crippen LogP contribution in [0, 0.1) is 0 Å². The molecule has 0 unspecified atom stereocenters. The van der Waals surface area contributed by atoms with Crippen LogP contribution < -0.4 is 4.90 Å². The van der Waals surface area contributed by atoms with E-state index >= 15 is 0 Å². The van der Waals surface area contributed by atoms with E-state index in [0.29, 0.717) is 0 Å². The van der Waals surface area contributed by atoms with Crippen molar-refractivity contribution in [2.24, 2.45) is 0 Å². The Balaban J connectivity index is 1.76. The van der Waals surface area contributed by atoms with Crippen molar-refractivity contribution < 1.29 is 0 Å². The summed E-state index contributed by atoms with van der Waals surface area (Å²) in [5.41, 5.74) is 9.16. The van der Waals surface area contributed by atoms with Crippen LogP contribution >= 0.6 is 0 Å². The number of para-hydroxylation sites is 1. The Kier molecular flexibility index (Phi) is 4.42. The second-order valence-electron chi connectivity index (χ2n) is 7.31. The van der Waals surface area contributed by atoms with Crippen molar-refractivity contribution in [3.8, 4) is 0 Å². The molecule has 1 aliphatic heterocycles. The zero-order chi connectivity index (χ0) is 18.8. The minimum Gasteiger partial charge on any atom is -0.310 e. The molecule has 0 bridgehead atoms. The molecule has 1 nitrogen and oxygen atoms in total. The minimum absolute atomic E-state index is 1.12. The first-order valence-electron chi connectivity index (χ1n) is 10.0. The molecule has 0 N–H and O–H groups in total. The van der Waals surface area contributed by atoms with E-state index in [0.717, 1.165) is 12.8 Å². The average molecular weight is 361 g/mol. The summed E-state index contributed by atoms with van der Waals surface area (Å²) in [6, 6.07) is 32.3. The van der Waals surface area contributed by atoms with Crippen molar-refractivity contribution in [1.29, 1.82) is 0 Å². The van der Waals surface area contributed by atoms with Gasteiger partial charge in [0, 0.05) is 11.4 Å². The van der Waals surface area contributed by atoms with Crippen molar-refractivity contribution >= 4 is 17.0 Å². The Labute approximate surface area is 167 Å². The predicted molar refractivity (Wildman–Crippen MR) is 119 cm³/mol. The molecule has 136 valence electrons. The molecule has 0 amide bonds. The smallest absolute Gasteiger partial charge is 0.0540 e. The zero-order valence-corrected chi connectivity index (χ0v) is 15.9. The van der Waals surface area contributed by atoms with E-state index in [4.69, 9.17) is 0 Å². The highest BCUT2D eigenvalue weighted by atomic mass is 15.2. The standard InChI is InChI=1S/C27H23N/c1-4-12-21(13-5-1)25-20-27(22-14-6-2-7-15-22)28(23-16-8-3-9-17-23)26-19-11-10-18-24(25)26/h1-9,12-17,19-20H,10-11,18H2. The predicted octanol–water partition coefficient (Wildman–Crippen LogP) is 7.07. The molecule has 3 aromatic rings. The molecular weight excluding hydrogens is 338 g/mol. The second-order valence-corrected chi connectivity index (χ2v) is 7.31. The Morgan fingerprint density at radius 2 is 1.21 bits per heavy atom. The van der Waals surface area contributed by atoms with E-state index in [9.17, 15) is 0 Å². The maximum Gasteiger partial charge on any atom is 0.0540 e. The lowest BCUT2D eigenvalue weighted by Crippen LogP contribution is -2.27.